The predicted molar refractivity (Wildman–Crippen MR) is 119 cm³/mol. The Morgan fingerprint density at radius 2 is 1.44 bits per heavy atom. The third kappa shape index (κ3) is 8.96. The number of esters is 1. The summed E-state index contributed by atoms with van der Waals surface area (Å²) in [5, 5.41) is 0. The highest BCUT2D eigenvalue weighted by Gasteiger charge is 2.15. The van der Waals surface area contributed by atoms with Crippen molar-refractivity contribution in [3.63, 3.8) is 0 Å². The van der Waals surface area contributed by atoms with Crippen LogP contribution in [0.15, 0.2) is 42.5 Å². The Morgan fingerprint density at radius 1 is 0.812 bits per heavy atom. The number of hydrogen-bond donors (Lipinski definition) is 0. The lowest BCUT2D eigenvalue weighted by Gasteiger charge is -2.09. The molecule has 0 aliphatic heterocycles. The summed E-state index contributed by atoms with van der Waals surface area (Å²) < 4.78 is 33.9. The normalized spacial score (nSPS) is 10.5. The summed E-state index contributed by atoms with van der Waals surface area (Å²) in [5.41, 5.74) is -0.0188. The highest BCUT2D eigenvalue weighted by Crippen LogP contribution is 2.22. The van der Waals surface area contributed by atoms with E-state index >= 15 is 0 Å². The predicted octanol–water partition coefficient (Wildman–Crippen LogP) is 6.71. The molecule has 0 atom stereocenters. The second-order valence-corrected chi connectivity index (χ2v) is 7.39. The van der Waals surface area contributed by atoms with Gasteiger partial charge in [0.15, 0.2) is 11.6 Å². The summed E-state index contributed by atoms with van der Waals surface area (Å²) in [6, 6.07) is 10.1. The van der Waals surface area contributed by atoms with E-state index in [1.165, 1.54) is 44.6 Å². The van der Waals surface area contributed by atoms with Crippen molar-refractivity contribution in [2.45, 2.75) is 58.3 Å². The van der Waals surface area contributed by atoms with Crippen molar-refractivity contribution in [2.24, 2.45) is 0 Å². The van der Waals surface area contributed by atoms with Gasteiger partial charge in [0.1, 0.15) is 11.5 Å². The van der Waals surface area contributed by atoms with Crippen molar-refractivity contribution >= 4 is 12.1 Å². The number of ether oxygens (including phenoxy) is 4. The van der Waals surface area contributed by atoms with Gasteiger partial charge in [-0.15, -0.1) is 0 Å². The SMILES string of the molecule is CCCCCCCCCCOc1ccc(OC(=O)c2ccc(OC(=O)OC)c(F)c2)cc1. The lowest BCUT2D eigenvalue weighted by molar-refractivity contribution is 0.0734. The topological polar surface area (TPSA) is 71.1 Å². The van der Waals surface area contributed by atoms with Gasteiger partial charge < -0.3 is 18.9 Å². The summed E-state index contributed by atoms with van der Waals surface area (Å²) in [5.74, 6) is -0.949. The summed E-state index contributed by atoms with van der Waals surface area (Å²) in [6.07, 6.45) is 8.86. The number of unbranched alkanes of at least 4 members (excludes halogenated alkanes) is 7. The smallest absolute Gasteiger partial charge is 0.494 e. The van der Waals surface area contributed by atoms with Crippen LogP contribution in [0.2, 0.25) is 0 Å². The van der Waals surface area contributed by atoms with E-state index in [0.29, 0.717) is 18.1 Å². The lowest BCUT2D eigenvalue weighted by atomic mass is 10.1. The van der Waals surface area contributed by atoms with Crippen molar-refractivity contribution in [3.05, 3.63) is 53.8 Å². The van der Waals surface area contributed by atoms with E-state index in [-0.39, 0.29) is 11.3 Å². The third-order valence-electron chi connectivity index (χ3n) is 4.83. The maximum Gasteiger partial charge on any atom is 0.513 e. The fourth-order valence-electron chi connectivity index (χ4n) is 3.04. The monoisotopic (exact) mass is 446 g/mol. The summed E-state index contributed by atoms with van der Waals surface area (Å²) in [6.45, 7) is 2.87. The highest BCUT2D eigenvalue weighted by molar-refractivity contribution is 5.91. The second kappa shape index (κ2) is 14.1. The van der Waals surface area contributed by atoms with Crippen LogP contribution < -0.4 is 14.2 Å². The highest BCUT2D eigenvalue weighted by atomic mass is 19.1. The molecule has 6 nitrogen and oxygen atoms in total. The molecule has 2 aromatic rings. The fourth-order valence-corrected chi connectivity index (χ4v) is 3.04. The number of carbonyl (C=O) groups is 2. The van der Waals surface area contributed by atoms with Gasteiger partial charge in [0.2, 0.25) is 0 Å². The van der Waals surface area contributed by atoms with Crippen LogP contribution in [0.25, 0.3) is 0 Å². The molecule has 2 rings (SSSR count). The molecule has 0 aromatic heterocycles. The molecule has 2 aromatic carbocycles. The number of hydrogen-bond acceptors (Lipinski definition) is 6. The van der Waals surface area contributed by atoms with Crippen LogP contribution in [0.4, 0.5) is 9.18 Å². The summed E-state index contributed by atoms with van der Waals surface area (Å²) in [4.78, 5) is 23.3. The van der Waals surface area contributed by atoms with Gasteiger partial charge in [-0.3, -0.25) is 0 Å². The zero-order chi connectivity index (χ0) is 23.2. The number of rotatable bonds is 13. The molecular formula is C25H31FO6. The van der Waals surface area contributed by atoms with E-state index in [4.69, 9.17) is 9.47 Å². The molecule has 32 heavy (non-hydrogen) atoms. The number of halogens is 1. The fraction of sp³-hybridized carbons (Fsp3) is 0.440. The molecule has 0 heterocycles. The van der Waals surface area contributed by atoms with Gasteiger partial charge in [-0.05, 0) is 48.9 Å². The molecule has 0 aliphatic carbocycles. The van der Waals surface area contributed by atoms with Crippen molar-refractivity contribution in [2.75, 3.05) is 13.7 Å². The number of benzene rings is 2. The van der Waals surface area contributed by atoms with E-state index in [9.17, 15) is 14.0 Å². The van der Waals surface area contributed by atoms with Gasteiger partial charge in [0.05, 0.1) is 19.3 Å². The van der Waals surface area contributed by atoms with Crippen molar-refractivity contribution in [1.29, 1.82) is 0 Å². The van der Waals surface area contributed by atoms with E-state index in [0.717, 1.165) is 32.1 Å². The van der Waals surface area contributed by atoms with Gasteiger partial charge >= 0.3 is 12.1 Å². The average molecular weight is 447 g/mol. The number of methoxy groups -OCH3 is 1. The van der Waals surface area contributed by atoms with Crippen LogP contribution in [-0.2, 0) is 4.74 Å². The standard InChI is InChI=1S/C25H31FO6/c1-3-4-5-6-7-8-9-10-17-30-20-12-14-21(15-13-20)31-24(27)19-11-16-23(22(26)18-19)32-25(28)29-2/h11-16,18H,3-10,17H2,1-2H3. The molecule has 174 valence electrons. The summed E-state index contributed by atoms with van der Waals surface area (Å²) in [7, 11) is 1.11. The lowest BCUT2D eigenvalue weighted by Crippen LogP contribution is -2.11. The minimum atomic E-state index is -1.05. The molecule has 0 unspecified atom stereocenters. The molecule has 0 N–H and O–H groups in total. The first-order chi connectivity index (χ1) is 15.5. The van der Waals surface area contributed by atoms with E-state index < -0.39 is 17.9 Å². The third-order valence-corrected chi connectivity index (χ3v) is 4.83. The largest absolute Gasteiger partial charge is 0.513 e. The number of carbonyl (C=O) groups excluding carboxylic acids is 2. The van der Waals surface area contributed by atoms with Crippen LogP contribution in [-0.4, -0.2) is 25.8 Å². The van der Waals surface area contributed by atoms with Crippen LogP contribution in [0.5, 0.6) is 17.2 Å². The minimum absolute atomic E-state index is 0.0188. The molecular weight excluding hydrogens is 415 g/mol. The van der Waals surface area contributed by atoms with E-state index in [1.54, 1.807) is 24.3 Å². The molecule has 0 amide bonds. The van der Waals surface area contributed by atoms with E-state index in [2.05, 4.69) is 16.4 Å². The Labute approximate surface area is 188 Å². The first kappa shape index (κ1) is 25.2. The zero-order valence-electron chi connectivity index (χ0n) is 18.7. The average Bonchev–Trinajstić information content (AvgIpc) is 2.80. The maximum atomic E-state index is 14.0. The van der Waals surface area contributed by atoms with Gasteiger partial charge in [0.25, 0.3) is 0 Å². The summed E-state index contributed by atoms with van der Waals surface area (Å²) >= 11 is 0. The van der Waals surface area contributed by atoms with Crippen LogP contribution in [0.3, 0.4) is 0 Å². The Balaban J connectivity index is 1.73. The Bertz CT molecular complexity index is 850. The van der Waals surface area contributed by atoms with Crippen molar-refractivity contribution in [1.82, 2.24) is 0 Å². The van der Waals surface area contributed by atoms with Gasteiger partial charge in [-0.25, -0.2) is 14.0 Å². The molecule has 0 radical (unpaired) electrons. The minimum Gasteiger partial charge on any atom is -0.494 e. The first-order valence-corrected chi connectivity index (χ1v) is 11.0. The van der Waals surface area contributed by atoms with Crippen molar-refractivity contribution < 1.29 is 32.9 Å². The van der Waals surface area contributed by atoms with Gasteiger partial charge in [0, 0.05) is 0 Å². The first-order valence-electron chi connectivity index (χ1n) is 11.0. The maximum absolute atomic E-state index is 14.0. The molecule has 0 aliphatic rings. The molecule has 0 fully saturated rings. The molecule has 7 heteroatoms. The Hall–Kier alpha value is -3.09. The molecule has 0 saturated heterocycles. The Morgan fingerprint density at radius 3 is 2.06 bits per heavy atom. The van der Waals surface area contributed by atoms with Crippen molar-refractivity contribution in [3.8, 4) is 17.2 Å². The second-order valence-electron chi connectivity index (χ2n) is 7.39. The molecule has 0 spiro atoms. The quantitative estimate of drug-likeness (QED) is 0.147. The van der Waals surface area contributed by atoms with Crippen LogP contribution in [0.1, 0.15) is 68.6 Å². The van der Waals surface area contributed by atoms with Crippen LogP contribution in [0, 0.1) is 5.82 Å². The van der Waals surface area contributed by atoms with Gasteiger partial charge in [-0.1, -0.05) is 51.9 Å². The molecule has 0 bridgehead atoms. The van der Waals surface area contributed by atoms with Crippen LogP contribution >= 0.6 is 0 Å². The zero-order valence-corrected chi connectivity index (χ0v) is 18.7. The Kier molecular flexibility index (Phi) is 11.1. The van der Waals surface area contributed by atoms with E-state index in [1.807, 2.05) is 0 Å². The van der Waals surface area contributed by atoms with Gasteiger partial charge in [-0.2, -0.15) is 0 Å². The molecule has 0 saturated carbocycles.